The maximum atomic E-state index is 12.2. The number of fused-ring (bicyclic) bond motifs is 1. The van der Waals surface area contributed by atoms with E-state index in [1.165, 1.54) is 0 Å². The van der Waals surface area contributed by atoms with Crippen molar-refractivity contribution in [1.82, 2.24) is 10.3 Å². The molecule has 0 unspecified atom stereocenters. The first-order chi connectivity index (χ1) is 13.2. The number of carbonyl (C=O) groups is 2. The lowest BCUT2D eigenvalue weighted by molar-refractivity contribution is 0.0951. The normalized spacial score (nSPS) is 13.7. The maximum absolute atomic E-state index is 12.2. The van der Waals surface area contributed by atoms with Crippen LogP contribution in [0, 0.1) is 0 Å². The van der Waals surface area contributed by atoms with Gasteiger partial charge in [0.15, 0.2) is 5.78 Å². The number of amides is 1. The SMILES string of the molecule is COc1ccccc1-c1ccc(Cc2cc3c([nH]2)C(=O)NCCC3=O)cc1. The molecule has 5 nitrogen and oxygen atoms in total. The minimum atomic E-state index is -0.214. The number of aromatic nitrogens is 1. The van der Waals surface area contributed by atoms with E-state index in [2.05, 4.69) is 34.6 Å². The average Bonchev–Trinajstić information content (AvgIpc) is 3.07. The monoisotopic (exact) mass is 360 g/mol. The van der Waals surface area contributed by atoms with Gasteiger partial charge < -0.3 is 15.0 Å². The number of aromatic amines is 1. The van der Waals surface area contributed by atoms with E-state index >= 15 is 0 Å². The van der Waals surface area contributed by atoms with Crippen LogP contribution >= 0.6 is 0 Å². The molecule has 5 heteroatoms. The highest BCUT2D eigenvalue weighted by Gasteiger charge is 2.23. The zero-order valence-corrected chi connectivity index (χ0v) is 15.0. The van der Waals surface area contributed by atoms with Gasteiger partial charge >= 0.3 is 0 Å². The molecule has 0 radical (unpaired) electrons. The third kappa shape index (κ3) is 3.36. The number of ether oxygens (including phenoxy) is 1. The molecule has 4 rings (SSSR count). The summed E-state index contributed by atoms with van der Waals surface area (Å²) >= 11 is 0. The second-order valence-electron chi connectivity index (χ2n) is 6.59. The van der Waals surface area contributed by atoms with Gasteiger partial charge in [-0.25, -0.2) is 0 Å². The molecule has 2 aromatic carbocycles. The molecule has 0 spiro atoms. The second kappa shape index (κ2) is 7.11. The molecular formula is C22H20N2O3. The zero-order valence-electron chi connectivity index (χ0n) is 15.0. The standard InChI is InChI=1S/C22H20N2O3/c1-27-20-5-3-2-4-17(20)15-8-6-14(7-9-15)12-16-13-18-19(25)10-11-23-22(26)21(18)24-16/h2-9,13,24H,10-12H2,1H3,(H,23,26). The number of ketones is 1. The second-order valence-corrected chi connectivity index (χ2v) is 6.59. The highest BCUT2D eigenvalue weighted by Crippen LogP contribution is 2.30. The lowest BCUT2D eigenvalue weighted by atomic mass is 10.0. The molecule has 1 amide bonds. The van der Waals surface area contributed by atoms with Gasteiger partial charge in [0.1, 0.15) is 11.4 Å². The van der Waals surface area contributed by atoms with Crippen molar-refractivity contribution in [1.29, 1.82) is 0 Å². The van der Waals surface area contributed by atoms with E-state index in [9.17, 15) is 9.59 Å². The summed E-state index contributed by atoms with van der Waals surface area (Å²) in [5.41, 5.74) is 4.94. The topological polar surface area (TPSA) is 71.2 Å². The zero-order chi connectivity index (χ0) is 18.8. The van der Waals surface area contributed by atoms with Crippen molar-refractivity contribution in [3.63, 3.8) is 0 Å². The molecule has 136 valence electrons. The van der Waals surface area contributed by atoms with Crippen molar-refractivity contribution in [2.75, 3.05) is 13.7 Å². The van der Waals surface area contributed by atoms with Gasteiger partial charge in [-0.05, 0) is 23.3 Å². The Morgan fingerprint density at radius 2 is 1.78 bits per heavy atom. The fourth-order valence-electron chi connectivity index (χ4n) is 3.42. The van der Waals surface area contributed by atoms with E-state index in [0.29, 0.717) is 30.6 Å². The van der Waals surface area contributed by atoms with Crippen molar-refractivity contribution >= 4 is 11.7 Å². The number of carbonyl (C=O) groups excluding carboxylic acids is 2. The van der Waals surface area contributed by atoms with Crippen LogP contribution < -0.4 is 10.1 Å². The summed E-state index contributed by atoms with van der Waals surface area (Å²) in [5, 5.41) is 2.74. The van der Waals surface area contributed by atoms with Crippen molar-refractivity contribution in [2.24, 2.45) is 0 Å². The summed E-state index contributed by atoms with van der Waals surface area (Å²) in [5.74, 6) is 0.619. The molecule has 1 aliphatic heterocycles. The number of benzene rings is 2. The van der Waals surface area contributed by atoms with Gasteiger partial charge in [-0.3, -0.25) is 9.59 Å². The van der Waals surface area contributed by atoms with Crippen LogP contribution in [0.1, 0.15) is 38.5 Å². The van der Waals surface area contributed by atoms with E-state index in [1.807, 2.05) is 24.3 Å². The molecule has 0 fully saturated rings. The molecule has 1 aliphatic rings. The van der Waals surface area contributed by atoms with E-state index in [-0.39, 0.29) is 11.7 Å². The number of rotatable bonds is 4. The van der Waals surface area contributed by atoms with E-state index in [0.717, 1.165) is 28.1 Å². The first-order valence-electron chi connectivity index (χ1n) is 8.91. The Morgan fingerprint density at radius 1 is 1.00 bits per heavy atom. The molecule has 1 aromatic heterocycles. The highest BCUT2D eigenvalue weighted by atomic mass is 16.5. The first-order valence-corrected chi connectivity index (χ1v) is 8.91. The van der Waals surface area contributed by atoms with Crippen molar-refractivity contribution in [3.8, 4) is 16.9 Å². The fraction of sp³-hybridized carbons (Fsp3) is 0.182. The van der Waals surface area contributed by atoms with Crippen molar-refractivity contribution in [3.05, 3.63) is 77.1 Å². The Hall–Kier alpha value is -3.34. The Balaban J connectivity index is 1.58. The Kier molecular flexibility index (Phi) is 4.50. The summed E-state index contributed by atoms with van der Waals surface area (Å²) in [6, 6.07) is 17.9. The van der Waals surface area contributed by atoms with Crippen LogP contribution in [0.3, 0.4) is 0 Å². The van der Waals surface area contributed by atoms with Gasteiger partial charge in [-0.15, -0.1) is 0 Å². The van der Waals surface area contributed by atoms with E-state index in [1.54, 1.807) is 13.2 Å². The molecule has 2 N–H and O–H groups in total. The number of nitrogens with one attached hydrogen (secondary N) is 2. The van der Waals surface area contributed by atoms with Crippen LogP contribution in [0.5, 0.6) is 5.75 Å². The number of methoxy groups -OCH3 is 1. The average molecular weight is 360 g/mol. The third-order valence-corrected chi connectivity index (χ3v) is 4.81. The van der Waals surface area contributed by atoms with Gasteiger partial charge in [0.2, 0.25) is 0 Å². The summed E-state index contributed by atoms with van der Waals surface area (Å²) in [6.07, 6.45) is 0.962. The molecular weight excluding hydrogens is 340 g/mol. The Labute approximate surface area is 157 Å². The molecule has 2 heterocycles. The molecule has 27 heavy (non-hydrogen) atoms. The largest absolute Gasteiger partial charge is 0.496 e. The van der Waals surface area contributed by atoms with Gasteiger partial charge in [0.05, 0.1) is 7.11 Å². The Morgan fingerprint density at radius 3 is 2.56 bits per heavy atom. The predicted octanol–water partition coefficient (Wildman–Crippen LogP) is 3.60. The predicted molar refractivity (Wildman–Crippen MR) is 103 cm³/mol. The van der Waals surface area contributed by atoms with Crippen LogP contribution in [0.4, 0.5) is 0 Å². The van der Waals surface area contributed by atoms with Crippen LogP contribution in [0.15, 0.2) is 54.6 Å². The maximum Gasteiger partial charge on any atom is 0.268 e. The smallest absolute Gasteiger partial charge is 0.268 e. The van der Waals surface area contributed by atoms with Gasteiger partial charge in [-0.1, -0.05) is 42.5 Å². The number of Topliss-reactive ketones (excluding diaryl/α,β-unsaturated/α-hetero) is 1. The van der Waals surface area contributed by atoms with Gasteiger partial charge in [-0.2, -0.15) is 0 Å². The molecule has 3 aromatic rings. The van der Waals surface area contributed by atoms with E-state index < -0.39 is 0 Å². The molecule has 0 aliphatic carbocycles. The number of hydrogen-bond donors (Lipinski definition) is 2. The number of para-hydroxylation sites is 1. The lowest BCUT2D eigenvalue weighted by Gasteiger charge is -2.09. The van der Waals surface area contributed by atoms with Crippen molar-refractivity contribution < 1.29 is 14.3 Å². The van der Waals surface area contributed by atoms with E-state index in [4.69, 9.17) is 4.74 Å². The number of hydrogen-bond acceptors (Lipinski definition) is 3. The molecule has 0 atom stereocenters. The highest BCUT2D eigenvalue weighted by molar-refractivity contribution is 6.09. The van der Waals surface area contributed by atoms with Crippen molar-refractivity contribution in [2.45, 2.75) is 12.8 Å². The summed E-state index contributed by atoms with van der Waals surface area (Å²) in [4.78, 5) is 27.3. The lowest BCUT2D eigenvalue weighted by Crippen LogP contribution is -2.23. The van der Waals surface area contributed by atoms with Crippen LogP contribution in [0.2, 0.25) is 0 Å². The fourth-order valence-corrected chi connectivity index (χ4v) is 3.42. The minimum absolute atomic E-state index is 0.00243. The van der Waals surface area contributed by atoms with Gasteiger partial charge in [0, 0.05) is 36.2 Å². The molecule has 0 bridgehead atoms. The Bertz CT molecular complexity index is 969. The quantitative estimate of drug-likeness (QED) is 0.747. The summed E-state index contributed by atoms with van der Waals surface area (Å²) in [6.45, 7) is 0.389. The summed E-state index contributed by atoms with van der Waals surface area (Å²) < 4.78 is 5.43. The molecule has 0 saturated heterocycles. The summed E-state index contributed by atoms with van der Waals surface area (Å²) in [7, 11) is 1.67. The minimum Gasteiger partial charge on any atom is -0.496 e. The third-order valence-electron chi connectivity index (χ3n) is 4.81. The molecule has 0 saturated carbocycles. The van der Waals surface area contributed by atoms with Gasteiger partial charge in [0.25, 0.3) is 5.91 Å². The number of H-pyrrole nitrogens is 1. The van der Waals surface area contributed by atoms with Crippen LogP contribution in [0.25, 0.3) is 11.1 Å². The first kappa shape index (κ1) is 17.1. The van der Waals surface area contributed by atoms with Crippen LogP contribution in [-0.2, 0) is 6.42 Å². The van der Waals surface area contributed by atoms with Crippen LogP contribution in [-0.4, -0.2) is 30.3 Å².